The molecule has 0 aliphatic heterocycles. The van der Waals surface area contributed by atoms with Crippen molar-refractivity contribution in [3.63, 3.8) is 0 Å². The van der Waals surface area contributed by atoms with Crippen molar-refractivity contribution in [2.75, 3.05) is 25.6 Å². The summed E-state index contributed by atoms with van der Waals surface area (Å²) in [7, 11) is 1.58. The van der Waals surface area contributed by atoms with E-state index in [1.54, 1.807) is 19.2 Å². The second kappa shape index (κ2) is 7.84. The van der Waals surface area contributed by atoms with Gasteiger partial charge in [0.15, 0.2) is 0 Å². The van der Waals surface area contributed by atoms with E-state index in [4.69, 9.17) is 9.47 Å². The summed E-state index contributed by atoms with van der Waals surface area (Å²) in [5, 5.41) is 21.6. The number of ether oxygens (including phenoxy) is 2. The Labute approximate surface area is 126 Å². The van der Waals surface area contributed by atoms with E-state index in [1.165, 1.54) is 18.3 Å². The zero-order chi connectivity index (χ0) is 15.8. The van der Waals surface area contributed by atoms with Crippen LogP contribution >= 0.6 is 0 Å². The molecule has 2 aromatic heterocycles. The number of aromatic nitrogens is 3. The van der Waals surface area contributed by atoms with E-state index in [1.807, 2.05) is 0 Å². The largest absolute Gasteiger partial charge is 0.474 e. The normalized spacial score (nSPS) is 10.2. The summed E-state index contributed by atoms with van der Waals surface area (Å²) in [6, 6.07) is 6.28. The van der Waals surface area contributed by atoms with Gasteiger partial charge in [-0.1, -0.05) is 0 Å². The van der Waals surface area contributed by atoms with Gasteiger partial charge in [0, 0.05) is 25.4 Å². The van der Waals surface area contributed by atoms with Gasteiger partial charge in [0.05, 0.1) is 23.8 Å². The van der Waals surface area contributed by atoms with E-state index in [-0.39, 0.29) is 18.1 Å². The monoisotopic (exact) mass is 305 g/mol. The van der Waals surface area contributed by atoms with Crippen LogP contribution in [0.4, 0.5) is 11.5 Å². The van der Waals surface area contributed by atoms with Gasteiger partial charge in [-0.05, 0) is 12.1 Å². The topological polar surface area (TPSA) is 112 Å². The highest BCUT2D eigenvalue weighted by Gasteiger charge is 2.13. The fourth-order valence-corrected chi connectivity index (χ4v) is 1.60. The van der Waals surface area contributed by atoms with Gasteiger partial charge < -0.3 is 14.8 Å². The zero-order valence-electron chi connectivity index (χ0n) is 11.9. The molecule has 9 nitrogen and oxygen atoms in total. The SMILES string of the molecule is COCCOc1ccc(CNc2ncccc2[N+](=O)[O-])nn1. The lowest BCUT2D eigenvalue weighted by Crippen LogP contribution is -2.08. The van der Waals surface area contributed by atoms with E-state index < -0.39 is 4.92 Å². The van der Waals surface area contributed by atoms with Crippen LogP contribution in [0.2, 0.25) is 0 Å². The first kappa shape index (κ1) is 15.6. The molecule has 22 heavy (non-hydrogen) atoms. The minimum absolute atomic E-state index is 0.0880. The number of pyridine rings is 1. The number of hydrogen-bond acceptors (Lipinski definition) is 8. The summed E-state index contributed by atoms with van der Waals surface area (Å²) >= 11 is 0. The number of hydrogen-bond donors (Lipinski definition) is 1. The van der Waals surface area contributed by atoms with Gasteiger partial charge in [-0.15, -0.1) is 5.10 Å². The number of rotatable bonds is 8. The molecule has 0 aromatic carbocycles. The fourth-order valence-electron chi connectivity index (χ4n) is 1.60. The minimum Gasteiger partial charge on any atom is -0.474 e. The van der Waals surface area contributed by atoms with Gasteiger partial charge in [-0.25, -0.2) is 4.98 Å². The molecule has 0 spiro atoms. The maximum Gasteiger partial charge on any atom is 0.311 e. The first-order valence-corrected chi connectivity index (χ1v) is 6.48. The Morgan fingerprint density at radius 1 is 1.27 bits per heavy atom. The van der Waals surface area contributed by atoms with Crippen LogP contribution in [0, 0.1) is 10.1 Å². The maximum absolute atomic E-state index is 10.9. The van der Waals surface area contributed by atoms with Gasteiger partial charge in [0.2, 0.25) is 11.7 Å². The van der Waals surface area contributed by atoms with Crippen LogP contribution in [0.25, 0.3) is 0 Å². The third-order valence-electron chi connectivity index (χ3n) is 2.65. The lowest BCUT2D eigenvalue weighted by atomic mass is 10.3. The summed E-state index contributed by atoms with van der Waals surface area (Å²) < 4.78 is 10.2. The Bertz CT molecular complexity index is 620. The van der Waals surface area contributed by atoms with Crippen LogP contribution in [0.15, 0.2) is 30.5 Å². The van der Waals surface area contributed by atoms with Crippen molar-refractivity contribution in [1.29, 1.82) is 0 Å². The lowest BCUT2D eigenvalue weighted by molar-refractivity contribution is -0.384. The molecular weight excluding hydrogens is 290 g/mol. The first-order valence-electron chi connectivity index (χ1n) is 6.48. The number of methoxy groups -OCH3 is 1. The molecule has 2 heterocycles. The molecule has 1 N–H and O–H groups in total. The molecule has 0 aliphatic carbocycles. The average Bonchev–Trinajstić information content (AvgIpc) is 2.54. The molecule has 9 heteroatoms. The fraction of sp³-hybridized carbons (Fsp3) is 0.308. The van der Waals surface area contributed by atoms with Crippen molar-refractivity contribution in [2.45, 2.75) is 6.54 Å². The van der Waals surface area contributed by atoms with Crippen molar-refractivity contribution >= 4 is 11.5 Å². The summed E-state index contributed by atoms with van der Waals surface area (Å²) in [6.07, 6.45) is 1.48. The molecular formula is C13H15N5O4. The predicted molar refractivity (Wildman–Crippen MR) is 77.6 cm³/mol. The van der Waals surface area contributed by atoms with E-state index in [0.29, 0.717) is 24.8 Å². The third kappa shape index (κ3) is 4.35. The zero-order valence-corrected chi connectivity index (χ0v) is 11.9. The molecule has 0 aliphatic rings. The van der Waals surface area contributed by atoms with E-state index in [9.17, 15) is 10.1 Å². The van der Waals surface area contributed by atoms with Crippen LogP contribution in [0.1, 0.15) is 5.69 Å². The Morgan fingerprint density at radius 3 is 2.82 bits per heavy atom. The molecule has 0 unspecified atom stereocenters. The molecule has 0 radical (unpaired) electrons. The Hall–Kier alpha value is -2.81. The molecule has 0 bridgehead atoms. The summed E-state index contributed by atoms with van der Waals surface area (Å²) in [4.78, 5) is 14.3. The molecule has 0 saturated heterocycles. The smallest absolute Gasteiger partial charge is 0.311 e. The molecule has 0 amide bonds. The van der Waals surface area contributed by atoms with Crippen LogP contribution in [-0.4, -0.2) is 40.4 Å². The second-order valence-electron chi connectivity index (χ2n) is 4.19. The maximum atomic E-state index is 10.9. The van der Waals surface area contributed by atoms with Crippen LogP contribution in [-0.2, 0) is 11.3 Å². The van der Waals surface area contributed by atoms with Crippen LogP contribution in [0.5, 0.6) is 5.88 Å². The van der Waals surface area contributed by atoms with Gasteiger partial charge in [-0.3, -0.25) is 10.1 Å². The number of nitrogens with one attached hydrogen (secondary N) is 1. The standard InChI is InChI=1S/C13H15N5O4/c1-21-7-8-22-12-5-4-10(16-17-12)9-15-13-11(18(19)20)3-2-6-14-13/h2-6H,7-9H2,1H3,(H,14,15). The molecule has 2 rings (SSSR count). The highest BCUT2D eigenvalue weighted by Crippen LogP contribution is 2.20. The van der Waals surface area contributed by atoms with Crippen LogP contribution < -0.4 is 10.1 Å². The Kier molecular flexibility index (Phi) is 5.55. The average molecular weight is 305 g/mol. The Morgan fingerprint density at radius 2 is 2.14 bits per heavy atom. The highest BCUT2D eigenvalue weighted by atomic mass is 16.6. The Balaban J connectivity index is 1.93. The van der Waals surface area contributed by atoms with Crippen molar-refractivity contribution in [2.24, 2.45) is 0 Å². The number of anilines is 1. The molecule has 0 fully saturated rings. The summed E-state index contributed by atoms with van der Waals surface area (Å²) in [5.41, 5.74) is 0.522. The van der Waals surface area contributed by atoms with Gasteiger partial charge in [0.1, 0.15) is 6.61 Å². The summed E-state index contributed by atoms with van der Waals surface area (Å²) in [6.45, 7) is 1.13. The van der Waals surface area contributed by atoms with Crippen molar-refractivity contribution in [1.82, 2.24) is 15.2 Å². The predicted octanol–water partition coefficient (Wildman–Crippen LogP) is 1.42. The van der Waals surface area contributed by atoms with Gasteiger partial charge in [0.25, 0.3) is 0 Å². The second-order valence-corrected chi connectivity index (χ2v) is 4.19. The lowest BCUT2D eigenvalue weighted by Gasteiger charge is -2.06. The van der Waals surface area contributed by atoms with E-state index in [0.717, 1.165) is 0 Å². The quantitative estimate of drug-likeness (QED) is 0.442. The van der Waals surface area contributed by atoms with Gasteiger partial charge in [-0.2, -0.15) is 5.10 Å². The van der Waals surface area contributed by atoms with Crippen LogP contribution in [0.3, 0.4) is 0 Å². The third-order valence-corrected chi connectivity index (χ3v) is 2.65. The molecule has 0 saturated carbocycles. The minimum atomic E-state index is -0.492. The number of nitrogens with zero attached hydrogens (tertiary/aromatic N) is 4. The first-order chi connectivity index (χ1) is 10.7. The molecule has 116 valence electrons. The molecule has 0 atom stereocenters. The van der Waals surface area contributed by atoms with E-state index >= 15 is 0 Å². The van der Waals surface area contributed by atoms with Crippen molar-refractivity contribution < 1.29 is 14.4 Å². The van der Waals surface area contributed by atoms with Crippen molar-refractivity contribution in [3.8, 4) is 5.88 Å². The highest BCUT2D eigenvalue weighted by molar-refractivity contribution is 5.55. The summed E-state index contributed by atoms with van der Waals surface area (Å²) in [5.74, 6) is 0.583. The van der Waals surface area contributed by atoms with Crippen molar-refractivity contribution in [3.05, 3.63) is 46.3 Å². The molecule has 2 aromatic rings. The van der Waals surface area contributed by atoms with Gasteiger partial charge >= 0.3 is 5.69 Å². The number of nitro groups is 1. The van der Waals surface area contributed by atoms with E-state index in [2.05, 4.69) is 20.5 Å².